The first-order chi connectivity index (χ1) is 9.06. The van der Waals surface area contributed by atoms with Crippen LogP contribution in [0.3, 0.4) is 0 Å². The first-order valence-electron chi connectivity index (χ1n) is 7.14. The molecule has 1 aliphatic rings. The van der Waals surface area contributed by atoms with Crippen LogP contribution in [0, 0.1) is 19.8 Å². The second kappa shape index (κ2) is 5.78. The smallest absolute Gasteiger partial charge is 0.257 e. The molecule has 0 aliphatic carbocycles. The van der Waals surface area contributed by atoms with Gasteiger partial charge in [0, 0.05) is 19.1 Å². The number of aryl methyl sites for hydroxylation is 2. The number of nitrogens with two attached hydrogens (primary N) is 1. The van der Waals surface area contributed by atoms with Crippen molar-refractivity contribution in [3.8, 4) is 0 Å². The highest BCUT2D eigenvalue weighted by Crippen LogP contribution is 2.27. The fourth-order valence-electron chi connectivity index (χ4n) is 2.99. The van der Waals surface area contributed by atoms with Gasteiger partial charge in [0.05, 0.1) is 5.56 Å². The Morgan fingerprint density at radius 2 is 2.26 bits per heavy atom. The highest BCUT2D eigenvalue weighted by molar-refractivity contribution is 5.95. The summed E-state index contributed by atoms with van der Waals surface area (Å²) < 4.78 is 5.46. The molecule has 0 bridgehead atoms. The maximum atomic E-state index is 12.6. The molecular weight excluding hydrogens is 240 g/mol. The minimum absolute atomic E-state index is 0.0688. The van der Waals surface area contributed by atoms with E-state index in [1.165, 1.54) is 6.42 Å². The van der Waals surface area contributed by atoms with Crippen LogP contribution in [-0.2, 0) is 0 Å². The molecule has 2 atom stereocenters. The van der Waals surface area contributed by atoms with E-state index in [1.54, 1.807) is 0 Å². The van der Waals surface area contributed by atoms with Crippen molar-refractivity contribution < 1.29 is 9.21 Å². The number of piperidine rings is 1. The zero-order chi connectivity index (χ0) is 14.0. The normalized spacial score (nSPS) is 23.7. The number of furan rings is 1. The Balaban J connectivity index is 2.16. The number of nitrogens with zero attached hydrogens (tertiary/aromatic N) is 1. The Kier molecular flexibility index (Phi) is 4.30. The summed E-state index contributed by atoms with van der Waals surface area (Å²) in [6.45, 7) is 7.27. The molecule has 1 aromatic rings. The van der Waals surface area contributed by atoms with Crippen LogP contribution in [0.1, 0.15) is 48.1 Å². The van der Waals surface area contributed by atoms with Crippen molar-refractivity contribution in [2.24, 2.45) is 11.7 Å². The molecule has 1 aromatic heterocycles. The van der Waals surface area contributed by atoms with Gasteiger partial charge in [0.1, 0.15) is 11.5 Å². The summed E-state index contributed by atoms with van der Waals surface area (Å²) in [5.74, 6) is 2.26. The van der Waals surface area contributed by atoms with Gasteiger partial charge in [-0.3, -0.25) is 4.79 Å². The minimum Gasteiger partial charge on any atom is -0.466 e. The molecule has 1 saturated heterocycles. The highest BCUT2D eigenvalue weighted by atomic mass is 16.3. The van der Waals surface area contributed by atoms with Crippen LogP contribution in [0.4, 0.5) is 0 Å². The Morgan fingerprint density at radius 1 is 1.53 bits per heavy atom. The SMILES string of the molecule is CCC1CCN(C(=O)c2cc(C)oc2C)C(CN)C1. The van der Waals surface area contributed by atoms with Crippen LogP contribution >= 0.6 is 0 Å². The molecule has 1 fully saturated rings. The van der Waals surface area contributed by atoms with Crippen molar-refractivity contribution in [3.63, 3.8) is 0 Å². The predicted octanol–water partition coefficient (Wildman–Crippen LogP) is 2.49. The second-order valence-corrected chi connectivity index (χ2v) is 5.51. The van der Waals surface area contributed by atoms with Crippen LogP contribution in [0.15, 0.2) is 10.5 Å². The fraction of sp³-hybridized carbons (Fsp3) is 0.667. The first-order valence-corrected chi connectivity index (χ1v) is 7.14. The van der Waals surface area contributed by atoms with E-state index in [0.717, 1.165) is 25.1 Å². The van der Waals surface area contributed by atoms with Gasteiger partial charge in [0.25, 0.3) is 5.91 Å². The van der Waals surface area contributed by atoms with Crippen LogP contribution in [-0.4, -0.2) is 29.9 Å². The van der Waals surface area contributed by atoms with Gasteiger partial charge in [-0.25, -0.2) is 0 Å². The lowest BCUT2D eigenvalue weighted by molar-refractivity contribution is 0.0557. The van der Waals surface area contributed by atoms with E-state index >= 15 is 0 Å². The highest BCUT2D eigenvalue weighted by Gasteiger charge is 2.31. The van der Waals surface area contributed by atoms with Crippen molar-refractivity contribution in [1.29, 1.82) is 0 Å². The molecule has 106 valence electrons. The molecule has 2 N–H and O–H groups in total. The van der Waals surface area contributed by atoms with Gasteiger partial charge in [-0.15, -0.1) is 0 Å². The molecule has 1 amide bonds. The molecule has 0 aromatic carbocycles. The first kappa shape index (κ1) is 14.1. The Morgan fingerprint density at radius 3 is 2.79 bits per heavy atom. The molecule has 2 unspecified atom stereocenters. The molecule has 19 heavy (non-hydrogen) atoms. The van der Waals surface area contributed by atoms with E-state index < -0.39 is 0 Å². The third-order valence-electron chi connectivity index (χ3n) is 4.21. The number of amides is 1. The molecule has 0 saturated carbocycles. The summed E-state index contributed by atoms with van der Waals surface area (Å²) in [4.78, 5) is 14.5. The van der Waals surface area contributed by atoms with Crippen molar-refractivity contribution in [3.05, 3.63) is 23.2 Å². The lowest BCUT2D eigenvalue weighted by Crippen LogP contribution is -2.49. The number of likely N-dealkylation sites (tertiary alicyclic amines) is 1. The maximum absolute atomic E-state index is 12.6. The third-order valence-corrected chi connectivity index (χ3v) is 4.21. The van der Waals surface area contributed by atoms with Gasteiger partial charge >= 0.3 is 0 Å². The van der Waals surface area contributed by atoms with E-state index in [4.69, 9.17) is 10.2 Å². The van der Waals surface area contributed by atoms with E-state index in [-0.39, 0.29) is 11.9 Å². The number of carbonyl (C=O) groups is 1. The summed E-state index contributed by atoms with van der Waals surface area (Å²) in [5.41, 5.74) is 6.54. The lowest BCUT2D eigenvalue weighted by Gasteiger charge is -2.38. The standard InChI is InChI=1S/C15H24N2O2/c1-4-12-5-6-17(13(8-12)9-16)15(18)14-7-10(2)19-11(14)3/h7,12-13H,4-6,8-9,16H2,1-3H3. The summed E-state index contributed by atoms with van der Waals surface area (Å²) >= 11 is 0. The summed E-state index contributed by atoms with van der Waals surface area (Å²) in [6.07, 6.45) is 3.27. The third kappa shape index (κ3) is 2.84. The van der Waals surface area contributed by atoms with Crippen molar-refractivity contribution in [2.45, 2.75) is 46.1 Å². The van der Waals surface area contributed by atoms with Gasteiger partial charge in [-0.1, -0.05) is 13.3 Å². The van der Waals surface area contributed by atoms with Crippen molar-refractivity contribution in [1.82, 2.24) is 4.90 Å². The fourth-order valence-corrected chi connectivity index (χ4v) is 2.99. The van der Waals surface area contributed by atoms with E-state index in [9.17, 15) is 4.79 Å². The van der Waals surface area contributed by atoms with Gasteiger partial charge in [-0.05, 0) is 38.7 Å². The molecule has 0 radical (unpaired) electrons. The quantitative estimate of drug-likeness (QED) is 0.912. The topological polar surface area (TPSA) is 59.5 Å². The summed E-state index contributed by atoms with van der Waals surface area (Å²) in [7, 11) is 0. The number of rotatable bonds is 3. The van der Waals surface area contributed by atoms with Gasteiger partial charge in [-0.2, -0.15) is 0 Å². The molecular formula is C15H24N2O2. The number of carbonyl (C=O) groups excluding carboxylic acids is 1. The largest absolute Gasteiger partial charge is 0.466 e. The molecule has 2 heterocycles. The molecule has 0 spiro atoms. The molecule has 1 aliphatic heterocycles. The molecule has 4 heteroatoms. The Bertz CT molecular complexity index is 453. The van der Waals surface area contributed by atoms with Crippen LogP contribution in [0.5, 0.6) is 0 Å². The predicted molar refractivity (Wildman–Crippen MR) is 75.1 cm³/mol. The van der Waals surface area contributed by atoms with Gasteiger partial charge in [0.15, 0.2) is 0 Å². The average Bonchev–Trinajstić information content (AvgIpc) is 2.76. The zero-order valence-corrected chi connectivity index (χ0v) is 12.1. The van der Waals surface area contributed by atoms with E-state index in [1.807, 2.05) is 24.8 Å². The summed E-state index contributed by atoms with van der Waals surface area (Å²) in [6, 6.07) is 2.00. The second-order valence-electron chi connectivity index (χ2n) is 5.51. The van der Waals surface area contributed by atoms with Crippen molar-refractivity contribution >= 4 is 5.91 Å². The monoisotopic (exact) mass is 264 g/mol. The van der Waals surface area contributed by atoms with Crippen molar-refractivity contribution in [2.75, 3.05) is 13.1 Å². The van der Waals surface area contributed by atoms with E-state index in [0.29, 0.717) is 23.8 Å². The number of hydrogen-bond acceptors (Lipinski definition) is 3. The van der Waals surface area contributed by atoms with Gasteiger partial charge in [0.2, 0.25) is 0 Å². The number of hydrogen-bond donors (Lipinski definition) is 1. The Labute approximate surface area is 114 Å². The van der Waals surface area contributed by atoms with Gasteiger partial charge < -0.3 is 15.1 Å². The minimum atomic E-state index is 0.0688. The average molecular weight is 264 g/mol. The maximum Gasteiger partial charge on any atom is 0.257 e. The van der Waals surface area contributed by atoms with Crippen LogP contribution < -0.4 is 5.73 Å². The molecule has 4 nitrogen and oxygen atoms in total. The zero-order valence-electron chi connectivity index (χ0n) is 12.1. The van der Waals surface area contributed by atoms with Crippen LogP contribution in [0.2, 0.25) is 0 Å². The summed E-state index contributed by atoms with van der Waals surface area (Å²) in [5, 5.41) is 0. The van der Waals surface area contributed by atoms with Crippen LogP contribution in [0.25, 0.3) is 0 Å². The Hall–Kier alpha value is -1.29. The lowest BCUT2D eigenvalue weighted by atomic mass is 9.88. The molecule has 2 rings (SSSR count). The van der Waals surface area contributed by atoms with E-state index in [2.05, 4.69) is 6.92 Å².